The van der Waals surface area contributed by atoms with Crippen LogP contribution in [0.15, 0.2) is 64.3 Å². The summed E-state index contributed by atoms with van der Waals surface area (Å²) < 4.78 is 6.49. The smallest absolute Gasteiger partial charge is 0.336 e. The van der Waals surface area contributed by atoms with Crippen LogP contribution < -0.4 is 0 Å². The molecule has 4 nitrogen and oxygen atoms in total. The summed E-state index contributed by atoms with van der Waals surface area (Å²) in [6.45, 7) is 5.86. The molecular formula is C23H23BrClNO3. The van der Waals surface area contributed by atoms with Crippen molar-refractivity contribution in [3.8, 4) is 0 Å². The van der Waals surface area contributed by atoms with Crippen LogP contribution in [-0.2, 0) is 20.9 Å². The van der Waals surface area contributed by atoms with Gasteiger partial charge < -0.3 is 9.64 Å². The van der Waals surface area contributed by atoms with E-state index in [1.807, 2.05) is 57.2 Å². The van der Waals surface area contributed by atoms with Crippen molar-refractivity contribution in [2.45, 2.75) is 45.8 Å². The van der Waals surface area contributed by atoms with Crippen molar-refractivity contribution < 1.29 is 14.3 Å². The van der Waals surface area contributed by atoms with E-state index in [9.17, 15) is 9.59 Å². The Kier molecular flexibility index (Phi) is 6.81. The molecule has 1 heterocycles. The number of hydrogen-bond donors (Lipinski definition) is 0. The molecule has 0 saturated carbocycles. The SMILES string of the molecule is CC1=C(C(=O)OC(C)C)C(c2ccc(Cl)cc2)CC(=O)N1Cc1ccc(Br)cc1. The Labute approximate surface area is 184 Å². The van der Waals surface area contributed by atoms with Gasteiger partial charge in [0.2, 0.25) is 5.91 Å². The quantitative estimate of drug-likeness (QED) is 0.509. The lowest BCUT2D eigenvalue weighted by Gasteiger charge is -2.35. The lowest BCUT2D eigenvalue weighted by Crippen LogP contribution is -2.38. The normalized spacial score (nSPS) is 17.1. The molecule has 2 aromatic rings. The molecule has 0 saturated heterocycles. The Balaban J connectivity index is 2.01. The first kappa shape index (κ1) is 21.6. The predicted molar refractivity (Wildman–Crippen MR) is 117 cm³/mol. The summed E-state index contributed by atoms with van der Waals surface area (Å²) in [6.07, 6.45) is -0.0379. The molecule has 1 unspecified atom stereocenters. The second-order valence-electron chi connectivity index (χ2n) is 7.37. The van der Waals surface area contributed by atoms with E-state index >= 15 is 0 Å². The lowest BCUT2D eigenvalue weighted by molar-refractivity contribution is -0.143. The Bertz CT molecular complexity index is 936. The lowest BCUT2D eigenvalue weighted by atomic mass is 9.83. The standard InChI is InChI=1S/C23H23BrClNO3/c1-14(2)29-23(28)22-15(3)26(13-16-4-8-18(24)9-5-16)21(27)12-20(22)17-6-10-19(25)11-7-17/h4-11,14,20H,12-13H2,1-3H3. The number of ether oxygens (including phenoxy) is 1. The molecule has 3 rings (SSSR count). The van der Waals surface area contributed by atoms with Crippen LogP contribution >= 0.6 is 27.5 Å². The molecule has 1 amide bonds. The number of carbonyl (C=O) groups excluding carboxylic acids is 2. The summed E-state index contributed by atoms with van der Waals surface area (Å²) in [5.74, 6) is -0.760. The van der Waals surface area contributed by atoms with Gasteiger partial charge in [0.1, 0.15) is 0 Å². The number of esters is 1. The van der Waals surface area contributed by atoms with E-state index in [-0.39, 0.29) is 30.3 Å². The molecule has 0 aliphatic carbocycles. The topological polar surface area (TPSA) is 46.6 Å². The number of allylic oxidation sites excluding steroid dienone is 1. The van der Waals surface area contributed by atoms with Gasteiger partial charge in [0.15, 0.2) is 0 Å². The first-order chi connectivity index (χ1) is 13.8. The van der Waals surface area contributed by atoms with E-state index in [0.29, 0.717) is 22.8 Å². The van der Waals surface area contributed by atoms with Crippen molar-refractivity contribution in [3.05, 3.63) is 80.4 Å². The fourth-order valence-corrected chi connectivity index (χ4v) is 3.89. The molecule has 0 aromatic heterocycles. The van der Waals surface area contributed by atoms with Crippen LogP contribution in [0.3, 0.4) is 0 Å². The molecule has 0 bridgehead atoms. The van der Waals surface area contributed by atoms with Gasteiger partial charge in [0, 0.05) is 27.5 Å². The number of hydrogen-bond acceptors (Lipinski definition) is 3. The maximum atomic E-state index is 13.0. The van der Waals surface area contributed by atoms with Crippen LogP contribution in [0, 0.1) is 0 Å². The second kappa shape index (κ2) is 9.14. The highest BCUT2D eigenvalue weighted by Gasteiger charge is 2.37. The Hall–Kier alpha value is -2.11. The van der Waals surface area contributed by atoms with Crippen LogP contribution in [0.5, 0.6) is 0 Å². The van der Waals surface area contributed by atoms with Gasteiger partial charge in [-0.25, -0.2) is 4.79 Å². The summed E-state index contributed by atoms with van der Waals surface area (Å²) in [4.78, 5) is 27.7. The highest BCUT2D eigenvalue weighted by molar-refractivity contribution is 9.10. The van der Waals surface area contributed by atoms with Crippen LogP contribution in [0.25, 0.3) is 0 Å². The third-order valence-electron chi connectivity index (χ3n) is 4.91. The van der Waals surface area contributed by atoms with E-state index in [2.05, 4.69) is 15.9 Å². The van der Waals surface area contributed by atoms with E-state index in [4.69, 9.17) is 16.3 Å². The maximum absolute atomic E-state index is 13.0. The monoisotopic (exact) mass is 475 g/mol. The van der Waals surface area contributed by atoms with Crippen molar-refractivity contribution >= 4 is 39.4 Å². The Morgan fingerprint density at radius 1 is 1.17 bits per heavy atom. The molecule has 6 heteroatoms. The van der Waals surface area contributed by atoms with Crippen molar-refractivity contribution in [1.82, 2.24) is 4.90 Å². The number of benzene rings is 2. The van der Waals surface area contributed by atoms with Crippen LogP contribution in [-0.4, -0.2) is 22.9 Å². The third-order valence-corrected chi connectivity index (χ3v) is 5.69. The first-order valence-corrected chi connectivity index (χ1v) is 10.7. The van der Waals surface area contributed by atoms with Gasteiger partial charge in [0.25, 0.3) is 0 Å². The average molecular weight is 477 g/mol. The van der Waals surface area contributed by atoms with Crippen molar-refractivity contribution in [3.63, 3.8) is 0 Å². The van der Waals surface area contributed by atoms with Gasteiger partial charge >= 0.3 is 5.97 Å². The molecule has 1 aliphatic rings. The molecule has 0 N–H and O–H groups in total. The minimum Gasteiger partial charge on any atom is -0.460 e. The molecule has 0 fully saturated rings. The Morgan fingerprint density at radius 2 is 1.79 bits per heavy atom. The van der Waals surface area contributed by atoms with Gasteiger partial charge in [-0.05, 0) is 56.2 Å². The average Bonchev–Trinajstić information content (AvgIpc) is 2.66. The molecule has 2 aromatic carbocycles. The predicted octanol–water partition coefficient (Wildman–Crippen LogP) is 5.84. The number of halogens is 2. The van der Waals surface area contributed by atoms with E-state index in [0.717, 1.165) is 15.6 Å². The summed E-state index contributed by atoms with van der Waals surface area (Å²) in [5.41, 5.74) is 3.02. The number of amides is 1. The number of carbonyl (C=O) groups is 2. The molecule has 0 spiro atoms. The summed E-state index contributed by atoms with van der Waals surface area (Å²) >= 11 is 9.44. The summed E-state index contributed by atoms with van der Waals surface area (Å²) in [5, 5.41) is 0.611. The largest absolute Gasteiger partial charge is 0.460 e. The first-order valence-electron chi connectivity index (χ1n) is 9.48. The van der Waals surface area contributed by atoms with Crippen LogP contribution in [0.2, 0.25) is 5.02 Å². The fraction of sp³-hybridized carbons (Fsp3) is 0.304. The van der Waals surface area contributed by atoms with Gasteiger partial charge in [-0.2, -0.15) is 0 Å². The van der Waals surface area contributed by atoms with Gasteiger partial charge in [0.05, 0.1) is 18.2 Å². The van der Waals surface area contributed by atoms with E-state index < -0.39 is 0 Å². The highest BCUT2D eigenvalue weighted by atomic mass is 79.9. The van der Waals surface area contributed by atoms with Crippen LogP contribution in [0.1, 0.15) is 44.2 Å². The minimum atomic E-state index is -0.384. The summed E-state index contributed by atoms with van der Waals surface area (Å²) in [6, 6.07) is 15.1. The molecular weight excluding hydrogens is 454 g/mol. The highest BCUT2D eigenvalue weighted by Crippen LogP contribution is 2.38. The molecule has 1 atom stereocenters. The van der Waals surface area contributed by atoms with Gasteiger partial charge in [-0.15, -0.1) is 0 Å². The van der Waals surface area contributed by atoms with Crippen molar-refractivity contribution in [2.75, 3.05) is 0 Å². The number of rotatable bonds is 5. The maximum Gasteiger partial charge on any atom is 0.336 e. The molecule has 0 radical (unpaired) electrons. The van der Waals surface area contributed by atoms with Crippen LogP contribution in [0.4, 0.5) is 0 Å². The molecule has 29 heavy (non-hydrogen) atoms. The third kappa shape index (κ3) is 5.09. The van der Waals surface area contributed by atoms with Gasteiger partial charge in [-0.3, -0.25) is 4.79 Å². The number of nitrogens with zero attached hydrogens (tertiary/aromatic N) is 1. The molecule has 152 valence electrons. The zero-order valence-electron chi connectivity index (χ0n) is 16.6. The summed E-state index contributed by atoms with van der Waals surface area (Å²) in [7, 11) is 0. The van der Waals surface area contributed by atoms with Gasteiger partial charge in [-0.1, -0.05) is 51.8 Å². The van der Waals surface area contributed by atoms with E-state index in [1.165, 1.54) is 0 Å². The zero-order chi connectivity index (χ0) is 21.1. The van der Waals surface area contributed by atoms with Crippen molar-refractivity contribution in [1.29, 1.82) is 0 Å². The minimum absolute atomic E-state index is 0.0218. The second-order valence-corrected chi connectivity index (χ2v) is 8.72. The van der Waals surface area contributed by atoms with E-state index in [1.54, 1.807) is 17.0 Å². The Morgan fingerprint density at radius 3 is 2.38 bits per heavy atom. The fourth-order valence-electron chi connectivity index (χ4n) is 3.50. The molecule has 1 aliphatic heterocycles. The van der Waals surface area contributed by atoms with Crippen molar-refractivity contribution in [2.24, 2.45) is 0 Å². The zero-order valence-corrected chi connectivity index (χ0v) is 19.0.